The molecule has 0 bridgehead atoms. The van der Waals surface area contributed by atoms with Crippen LogP contribution in [0.2, 0.25) is 0 Å². The number of fused-ring (bicyclic) bond motifs is 7. The largest absolute Gasteiger partial charge is 0.219 e. The van der Waals surface area contributed by atoms with Crippen LogP contribution in [0.25, 0.3) is 43.1 Å². The Morgan fingerprint density at radius 1 is 0.432 bits per heavy atom. The number of hydrogen-bond acceptors (Lipinski definition) is 8. The van der Waals surface area contributed by atoms with Crippen molar-refractivity contribution in [2.75, 3.05) is 0 Å². The summed E-state index contributed by atoms with van der Waals surface area (Å²) in [7, 11) is -7.73. The normalized spacial score (nSPS) is 13.1. The Kier molecular flexibility index (Phi) is 6.15. The Balaban J connectivity index is 1.59. The molecule has 0 aliphatic carbocycles. The van der Waals surface area contributed by atoms with Gasteiger partial charge in [-0.2, -0.15) is 20.5 Å². The molecule has 0 heterocycles. The van der Waals surface area contributed by atoms with Crippen molar-refractivity contribution in [3.8, 4) is 12.4 Å². The molecule has 210 valence electrons. The molecule has 0 spiro atoms. The molecule has 0 unspecified atom stereocenters. The summed E-state index contributed by atoms with van der Waals surface area (Å²) in [5, 5.41) is 24.6. The first-order valence-corrected chi connectivity index (χ1v) is 16.2. The average molecular weight is 611 g/mol. The van der Waals surface area contributed by atoms with Gasteiger partial charge in [-0.05, 0) is 70.1 Å². The van der Waals surface area contributed by atoms with Crippen LogP contribution in [0.3, 0.4) is 0 Å². The number of sulfone groups is 2. The lowest BCUT2D eigenvalue weighted by Crippen LogP contribution is -2.06. The van der Waals surface area contributed by atoms with Gasteiger partial charge in [0.25, 0.3) is 0 Å². The molecule has 8 nitrogen and oxygen atoms in total. The summed E-state index contributed by atoms with van der Waals surface area (Å²) < 4.78 is 53.8. The lowest BCUT2D eigenvalue weighted by molar-refractivity contribution is 0.594. The highest BCUT2D eigenvalue weighted by Crippen LogP contribution is 2.36. The third kappa shape index (κ3) is 3.93. The van der Waals surface area contributed by atoms with E-state index < -0.39 is 19.7 Å². The third-order valence-electron chi connectivity index (χ3n) is 7.80. The molecule has 0 atom stereocenters. The molecule has 10 heteroatoms. The van der Waals surface area contributed by atoms with Gasteiger partial charge >= 0.3 is 0 Å². The first-order chi connectivity index (χ1) is 21.3. The van der Waals surface area contributed by atoms with E-state index in [9.17, 15) is 27.4 Å². The van der Waals surface area contributed by atoms with E-state index in [-0.39, 0.29) is 30.3 Å². The zero-order chi connectivity index (χ0) is 30.6. The maximum atomic E-state index is 13.5. The summed E-state index contributed by atoms with van der Waals surface area (Å²) >= 11 is 0. The van der Waals surface area contributed by atoms with Crippen LogP contribution in [0.5, 0.6) is 0 Å². The number of nitrogens with zero attached hydrogens (tertiary/aromatic N) is 4. The summed E-state index contributed by atoms with van der Waals surface area (Å²) in [5.74, 6) is 0. The molecule has 0 saturated carbocycles. The maximum absolute atomic E-state index is 13.5. The zero-order valence-electron chi connectivity index (χ0n) is 22.6. The van der Waals surface area contributed by atoms with Gasteiger partial charge in [-0.1, -0.05) is 60.7 Å². The topological polar surface area (TPSA) is 141 Å². The van der Waals surface area contributed by atoms with E-state index in [1.165, 1.54) is 48.5 Å². The minimum atomic E-state index is -3.86. The van der Waals surface area contributed by atoms with Crippen LogP contribution in [-0.4, -0.2) is 16.8 Å². The van der Waals surface area contributed by atoms with Crippen LogP contribution in [0.1, 0.15) is 0 Å². The minimum absolute atomic E-state index is 0.0440. The molecule has 0 aliphatic rings. The molecular formula is C34H18N4O4S2. The van der Waals surface area contributed by atoms with Gasteiger partial charge in [0.2, 0.25) is 32.1 Å². The van der Waals surface area contributed by atoms with Gasteiger partial charge in [-0.25, -0.2) is 16.8 Å². The van der Waals surface area contributed by atoms with Gasteiger partial charge in [-0.3, -0.25) is 0 Å². The van der Waals surface area contributed by atoms with Crippen LogP contribution in [0, 0.1) is 22.9 Å². The van der Waals surface area contributed by atoms with Crippen LogP contribution in [-0.2, 0) is 19.7 Å². The van der Waals surface area contributed by atoms with Gasteiger partial charge in [-0.15, -0.1) is 0 Å². The Labute approximate surface area is 251 Å². The molecule has 0 amide bonds. The first-order valence-electron chi connectivity index (χ1n) is 13.3. The van der Waals surface area contributed by atoms with E-state index in [0.29, 0.717) is 43.1 Å². The fraction of sp³-hybridized carbons (Fsp3) is 0. The second-order valence-corrected chi connectivity index (χ2v) is 14.0. The van der Waals surface area contributed by atoms with E-state index in [0.717, 1.165) is 0 Å². The van der Waals surface area contributed by atoms with Gasteiger partial charge < -0.3 is 0 Å². The van der Waals surface area contributed by atoms with Gasteiger partial charge in [0.15, 0.2) is 0 Å². The van der Waals surface area contributed by atoms with Crippen molar-refractivity contribution in [1.82, 2.24) is 0 Å². The third-order valence-corrected chi connectivity index (χ3v) is 11.3. The molecule has 0 aliphatic heterocycles. The second kappa shape index (κ2) is 9.96. The Hall–Kier alpha value is -5.68. The lowest BCUT2D eigenvalue weighted by atomic mass is 10.1. The highest BCUT2D eigenvalue weighted by Gasteiger charge is 2.23. The van der Waals surface area contributed by atoms with Crippen LogP contribution in [0.15, 0.2) is 139 Å². The molecule has 0 radical (unpaired) electrons. The van der Waals surface area contributed by atoms with Crippen molar-refractivity contribution in [1.29, 1.82) is 10.5 Å². The van der Waals surface area contributed by atoms with Crippen molar-refractivity contribution in [2.45, 2.75) is 19.6 Å². The van der Waals surface area contributed by atoms with Crippen molar-refractivity contribution < 1.29 is 16.8 Å². The smallest absolute Gasteiger partial charge is 0.206 e. The van der Waals surface area contributed by atoms with Crippen molar-refractivity contribution in [3.05, 3.63) is 120 Å². The fourth-order valence-electron chi connectivity index (χ4n) is 5.86. The standard InChI is InChI=1S/C34H18N4O4S2/c35-19-37-33-29-17-23(43(39,40)21-7-3-1-4-8-21)11-13-25(29)27-15-16-28-26-14-12-24(44(41,42)22-9-5-2-6-10-22)18-30(26)34(38-20-36)32(28)31(27)33/h1-18H. The van der Waals surface area contributed by atoms with Crippen molar-refractivity contribution in [3.63, 3.8) is 0 Å². The first kappa shape index (κ1) is 27.2. The summed E-state index contributed by atoms with van der Waals surface area (Å²) in [4.78, 5) is 8.61. The van der Waals surface area contributed by atoms with Crippen LogP contribution < -0.4 is 10.7 Å². The Morgan fingerprint density at radius 2 is 0.795 bits per heavy atom. The van der Waals surface area contributed by atoms with E-state index in [1.54, 1.807) is 48.5 Å². The van der Waals surface area contributed by atoms with Crippen LogP contribution >= 0.6 is 0 Å². The number of benzene rings is 5. The van der Waals surface area contributed by atoms with E-state index in [1.807, 2.05) is 24.5 Å². The summed E-state index contributed by atoms with van der Waals surface area (Å²) in [5.41, 5.74) is 0. The number of hydrogen-bond donors (Lipinski definition) is 0. The Bertz CT molecular complexity index is 2560. The average Bonchev–Trinajstić information content (AvgIpc) is 3.54. The fourth-order valence-corrected chi connectivity index (χ4v) is 8.47. The second-order valence-electron chi connectivity index (χ2n) is 10.1. The molecule has 0 saturated heterocycles. The van der Waals surface area contributed by atoms with Crippen molar-refractivity contribution in [2.24, 2.45) is 9.98 Å². The van der Waals surface area contributed by atoms with E-state index in [2.05, 4.69) is 9.98 Å². The quantitative estimate of drug-likeness (QED) is 0.238. The SMILES string of the molecule is N#CN=c1c2cc(S(=O)(=O)c3ccccc3)ccc2c2ccc3c4ccc(S(=O)(=O)c5ccccc5)cc4c(=NC#N)c3c12. The highest BCUT2D eigenvalue weighted by atomic mass is 32.2. The minimum Gasteiger partial charge on any atom is -0.219 e. The monoisotopic (exact) mass is 610 g/mol. The number of rotatable bonds is 4. The molecule has 0 fully saturated rings. The molecule has 7 aromatic carbocycles. The summed E-state index contributed by atoms with van der Waals surface area (Å²) in [6.07, 6.45) is 3.68. The summed E-state index contributed by atoms with van der Waals surface area (Å²) in [6, 6.07) is 29.2. The van der Waals surface area contributed by atoms with E-state index >= 15 is 0 Å². The summed E-state index contributed by atoms with van der Waals surface area (Å²) in [6.45, 7) is 0. The van der Waals surface area contributed by atoms with Crippen molar-refractivity contribution >= 4 is 62.8 Å². The van der Waals surface area contributed by atoms with Crippen LogP contribution in [0.4, 0.5) is 0 Å². The molecular weight excluding hydrogens is 593 g/mol. The molecule has 7 rings (SSSR count). The maximum Gasteiger partial charge on any atom is 0.206 e. The van der Waals surface area contributed by atoms with E-state index in [4.69, 9.17) is 0 Å². The zero-order valence-corrected chi connectivity index (χ0v) is 24.3. The predicted octanol–water partition coefficient (Wildman–Crippen LogP) is 5.60. The molecule has 0 N–H and O–H groups in total. The lowest BCUT2D eigenvalue weighted by Gasteiger charge is -2.05. The van der Waals surface area contributed by atoms with Gasteiger partial charge in [0.1, 0.15) is 0 Å². The molecule has 0 aromatic heterocycles. The Morgan fingerprint density at radius 3 is 1.16 bits per heavy atom. The van der Waals surface area contributed by atoms with Gasteiger partial charge in [0.05, 0.1) is 30.3 Å². The number of nitriles is 2. The van der Waals surface area contributed by atoms with Gasteiger partial charge in [0, 0.05) is 21.5 Å². The molecule has 7 aromatic rings. The molecule has 44 heavy (non-hydrogen) atoms. The highest BCUT2D eigenvalue weighted by molar-refractivity contribution is 7.91. The predicted molar refractivity (Wildman–Crippen MR) is 165 cm³/mol.